The number of nitrogens with two attached hydrogens (primary N) is 1. The van der Waals surface area contributed by atoms with E-state index in [0.29, 0.717) is 23.3 Å². The maximum absolute atomic E-state index is 5.72. The average molecular weight is 432 g/mol. The van der Waals surface area contributed by atoms with Crippen LogP contribution in [0.5, 0.6) is 11.5 Å². The van der Waals surface area contributed by atoms with Crippen LogP contribution < -0.4 is 20.6 Å². The molecule has 0 saturated carbocycles. The summed E-state index contributed by atoms with van der Waals surface area (Å²) in [5.41, 5.74) is 9.30. The molecule has 2 rings (SSSR count). The molecule has 6 nitrogen and oxygen atoms in total. The van der Waals surface area contributed by atoms with E-state index >= 15 is 0 Å². The first-order valence-corrected chi connectivity index (χ1v) is 8.60. The number of nitrogen functional groups attached to an aromatic ring is 1. The van der Waals surface area contributed by atoms with Crippen LogP contribution in [0.1, 0.15) is 18.9 Å². The largest absolute Gasteiger partial charge is 0.493 e. The molecule has 0 spiro atoms. The lowest BCUT2D eigenvalue weighted by molar-refractivity contribution is 0.292. The highest BCUT2D eigenvalue weighted by Crippen LogP contribution is 2.33. The minimum absolute atomic E-state index is 0.483. The number of ether oxygens (including phenoxy) is 2. The van der Waals surface area contributed by atoms with Gasteiger partial charge in [-0.15, -0.1) is 11.3 Å². The van der Waals surface area contributed by atoms with Crippen LogP contribution in [0.4, 0.5) is 10.9 Å². The zero-order valence-corrected chi connectivity index (χ0v) is 15.3. The lowest BCUT2D eigenvalue weighted by Crippen LogP contribution is -2.01. The molecule has 118 valence electrons. The molecule has 0 radical (unpaired) electrons. The topological polar surface area (TPSA) is 81.8 Å². The molecule has 1 aromatic carbocycles. The molecule has 0 aliphatic rings. The first-order chi connectivity index (χ1) is 10.6. The van der Waals surface area contributed by atoms with Crippen molar-refractivity contribution in [3.05, 3.63) is 26.6 Å². The molecule has 0 bridgehead atoms. The smallest absolute Gasteiger partial charge is 0.205 e. The maximum Gasteiger partial charge on any atom is 0.205 e. The summed E-state index contributed by atoms with van der Waals surface area (Å²) in [6, 6.07) is 3.87. The minimum Gasteiger partial charge on any atom is -0.493 e. The van der Waals surface area contributed by atoms with Crippen LogP contribution in [0.3, 0.4) is 0 Å². The second-order valence-electron chi connectivity index (χ2n) is 4.33. The molecule has 3 N–H and O–H groups in total. The molecule has 0 saturated heterocycles. The van der Waals surface area contributed by atoms with Gasteiger partial charge in [-0.2, -0.15) is 5.10 Å². The van der Waals surface area contributed by atoms with Gasteiger partial charge in [0.1, 0.15) is 5.82 Å². The number of rotatable bonds is 7. The number of aromatic nitrogens is 1. The number of benzene rings is 1. The Morgan fingerprint density at radius 1 is 1.50 bits per heavy atom. The monoisotopic (exact) mass is 432 g/mol. The molecule has 8 heteroatoms. The van der Waals surface area contributed by atoms with Crippen molar-refractivity contribution in [3.63, 3.8) is 0 Å². The van der Waals surface area contributed by atoms with Crippen molar-refractivity contribution < 1.29 is 9.47 Å². The van der Waals surface area contributed by atoms with Crippen LogP contribution in [0.2, 0.25) is 0 Å². The van der Waals surface area contributed by atoms with Gasteiger partial charge in [0.05, 0.1) is 23.5 Å². The molecule has 0 aliphatic carbocycles. The Morgan fingerprint density at radius 2 is 2.32 bits per heavy atom. The highest BCUT2D eigenvalue weighted by molar-refractivity contribution is 14.1. The van der Waals surface area contributed by atoms with Crippen molar-refractivity contribution in [2.75, 3.05) is 24.9 Å². The van der Waals surface area contributed by atoms with Gasteiger partial charge in [-0.1, -0.05) is 6.92 Å². The summed E-state index contributed by atoms with van der Waals surface area (Å²) in [6.07, 6.45) is 2.65. The average Bonchev–Trinajstić information content (AvgIpc) is 2.91. The van der Waals surface area contributed by atoms with Gasteiger partial charge in [-0.25, -0.2) is 4.98 Å². The maximum atomic E-state index is 5.72. The van der Waals surface area contributed by atoms with Crippen LogP contribution in [0.25, 0.3) is 0 Å². The van der Waals surface area contributed by atoms with E-state index in [0.717, 1.165) is 21.3 Å². The standard InChI is InChI=1S/C14H17IN4O2S/c1-3-4-21-13-10(15)5-9(6-11(13)20-2)7-17-19-14-18-12(16)8-22-14/h5-8H,3-4,16H2,1-2H3,(H,18,19). The van der Waals surface area contributed by atoms with Crippen LogP contribution >= 0.6 is 33.9 Å². The predicted molar refractivity (Wildman–Crippen MR) is 99.2 cm³/mol. The highest BCUT2D eigenvalue weighted by Gasteiger charge is 2.10. The van der Waals surface area contributed by atoms with E-state index in [-0.39, 0.29) is 0 Å². The first-order valence-electron chi connectivity index (χ1n) is 6.64. The molecule has 0 fully saturated rings. The van der Waals surface area contributed by atoms with Crippen molar-refractivity contribution >= 4 is 51.1 Å². The van der Waals surface area contributed by atoms with Gasteiger partial charge in [0, 0.05) is 5.38 Å². The Kier molecular flexibility index (Phi) is 6.25. The minimum atomic E-state index is 0.483. The van der Waals surface area contributed by atoms with E-state index in [2.05, 4.69) is 45.0 Å². The number of methoxy groups -OCH3 is 1. The van der Waals surface area contributed by atoms with E-state index in [1.807, 2.05) is 12.1 Å². The third-order valence-electron chi connectivity index (χ3n) is 2.60. The molecule has 0 amide bonds. The fourth-order valence-electron chi connectivity index (χ4n) is 1.66. The fraction of sp³-hybridized carbons (Fsp3) is 0.286. The van der Waals surface area contributed by atoms with E-state index in [9.17, 15) is 0 Å². The molecule has 0 unspecified atom stereocenters. The third kappa shape index (κ3) is 4.47. The Labute approximate surface area is 146 Å². The molecular weight excluding hydrogens is 415 g/mol. The highest BCUT2D eigenvalue weighted by atomic mass is 127. The number of hydrazone groups is 1. The predicted octanol–water partition coefficient (Wildman–Crippen LogP) is 3.57. The zero-order valence-electron chi connectivity index (χ0n) is 12.3. The van der Waals surface area contributed by atoms with E-state index in [1.165, 1.54) is 11.3 Å². The summed E-state index contributed by atoms with van der Waals surface area (Å²) in [7, 11) is 1.63. The Balaban J connectivity index is 2.12. The van der Waals surface area contributed by atoms with Gasteiger partial charge in [-0.3, -0.25) is 5.43 Å². The van der Waals surface area contributed by atoms with E-state index in [1.54, 1.807) is 18.7 Å². The van der Waals surface area contributed by atoms with Crippen LogP contribution in [0, 0.1) is 3.57 Å². The number of thiazole rings is 1. The van der Waals surface area contributed by atoms with Crippen molar-refractivity contribution in [1.82, 2.24) is 4.98 Å². The summed E-state index contributed by atoms with van der Waals surface area (Å²) in [5.74, 6) is 1.94. The second kappa shape index (κ2) is 8.18. The Bertz CT molecular complexity index is 660. The van der Waals surface area contributed by atoms with Crippen LogP contribution in [0.15, 0.2) is 22.6 Å². The molecular formula is C14H17IN4O2S. The van der Waals surface area contributed by atoms with Crippen LogP contribution in [-0.4, -0.2) is 24.9 Å². The number of anilines is 2. The molecule has 0 aliphatic heterocycles. The number of nitrogens with one attached hydrogen (secondary N) is 1. The Morgan fingerprint density at radius 3 is 2.95 bits per heavy atom. The molecule has 22 heavy (non-hydrogen) atoms. The fourth-order valence-corrected chi connectivity index (χ4v) is 2.99. The molecule has 2 aromatic rings. The van der Waals surface area contributed by atoms with E-state index in [4.69, 9.17) is 15.2 Å². The lowest BCUT2D eigenvalue weighted by Gasteiger charge is -2.12. The van der Waals surface area contributed by atoms with Gasteiger partial charge in [0.25, 0.3) is 0 Å². The lowest BCUT2D eigenvalue weighted by atomic mass is 10.2. The van der Waals surface area contributed by atoms with Crippen molar-refractivity contribution in [1.29, 1.82) is 0 Å². The molecule has 0 atom stereocenters. The number of halogens is 1. The number of nitrogens with zero attached hydrogens (tertiary/aromatic N) is 2. The van der Waals surface area contributed by atoms with Gasteiger partial charge in [0.15, 0.2) is 11.5 Å². The van der Waals surface area contributed by atoms with Gasteiger partial charge in [0.2, 0.25) is 5.13 Å². The third-order valence-corrected chi connectivity index (χ3v) is 4.16. The quantitative estimate of drug-likeness (QED) is 0.397. The van der Waals surface area contributed by atoms with Crippen molar-refractivity contribution in [2.45, 2.75) is 13.3 Å². The summed E-state index contributed by atoms with van der Waals surface area (Å²) in [4.78, 5) is 4.07. The summed E-state index contributed by atoms with van der Waals surface area (Å²) < 4.78 is 12.1. The van der Waals surface area contributed by atoms with E-state index < -0.39 is 0 Å². The summed E-state index contributed by atoms with van der Waals surface area (Å²) >= 11 is 3.63. The SMILES string of the molecule is CCCOc1c(I)cc(C=NNc2nc(N)cs2)cc1OC. The second-order valence-corrected chi connectivity index (χ2v) is 6.35. The van der Waals surface area contributed by atoms with Gasteiger partial charge < -0.3 is 15.2 Å². The molecule has 1 aromatic heterocycles. The zero-order chi connectivity index (χ0) is 15.9. The Hall–Kier alpha value is -1.55. The van der Waals surface area contributed by atoms with Gasteiger partial charge in [-0.05, 0) is 46.7 Å². The van der Waals surface area contributed by atoms with Gasteiger partial charge >= 0.3 is 0 Å². The first kappa shape index (κ1) is 16.8. The summed E-state index contributed by atoms with van der Waals surface area (Å²) in [6.45, 7) is 2.73. The van der Waals surface area contributed by atoms with Crippen molar-refractivity contribution in [3.8, 4) is 11.5 Å². The van der Waals surface area contributed by atoms with Crippen LogP contribution in [-0.2, 0) is 0 Å². The number of hydrogen-bond donors (Lipinski definition) is 2. The molecule has 1 heterocycles. The number of hydrogen-bond acceptors (Lipinski definition) is 7. The van der Waals surface area contributed by atoms with Crippen molar-refractivity contribution in [2.24, 2.45) is 5.10 Å². The summed E-state index contributed by atoms with van der Waals surface area (Å²) in [5, 5.41) is 6.56. The normalized spacial score (nSPS) is 10.9.